The fraction of sp³-hybridized carbons (Fsp3) is 0.733. The molecule has 0 aliphatic rings. The highest BCUT2D eigenvalue weighted by molar-refractivity contribution is 7.53. The molecule has 0 amide bonds. The normalized spacial score (nSPS) is 13.4. The van der Waals surface area contributed by atoms with Gasteiger partial charge in [-0.15, -0.1) is 5.92 Å². The number of hydrogen-bond acceptors (Lipinski definition) is 3. The van der Waals surface area contributed by atoms with Gasteiger partial charge in [0.1, 0.15) is 0 Å². The molecule has 0 fully saturated rings. The van der Waals surface area contributed by atoms with Gasteiger partial charge in [-0.2, -0.15) is 0 Å². The first-order valence-corrected chi connectivity index (χ1v) is 15.6. The zero-order chi connectivity index (χ0) is 25.4. The minimum atomic E-state index is -3.19. The lowest BCUT2D eigenvalue weighted by Crippen LogP contribution is -2.11. The fourth-order valence-corrected chi connectivity index (χ4v) is 6.49. The molecule has 1 rings (SSSR count). The van der Waals surface area contributed by atoms with Crippen molar-refractivity contribution in [2.45, 2.75) is 119 Å². The van der Waals surface area contributed by atoms with Crippen LogP contribution in [0.3, 0.4) is 0 Å². The second kappa shape index (κ2) is 17.4. The predicted octanol–water partition coefficient (Wildman–Crippen LogP) is 9.34. The molecule has 34 heavy (non-hydrogen) atoms. The summed E-state index contributed by atoms with van der Waals surface area (Å²) in [6.07, 6.45) is 12.1. The van der Waals surface area contributed by atoms with E-state index >= 15 is 0 Å². The van der Waals surface area contributed by atoms with E-state index in [9.17, 15) is 4.57 Å². The van der Waals surface area contributed by atoms with Gasteiger partial charge in [0.2, 0.25) is 0 Å². The van der Waals surface area contributed by atoms with Crippen molar-refractivity contribution in [3.8, 4) is 11.8 Å². The molecule has 0 radical (unpaired) electrons. The molecule has 0 aliphatic heterocycles. The number of benzene rings is 1. The second-order valence-electron chi connectivity index (χ2n) is 9.50. The van der Waals surface area contributed by atoms with Crippen LogP contribution in [0.5, 0.6) is 0 Å². The molecule has 2 unspecified atom stereocenters. The zero-order valence-electron chi connectivity index (χ0n) is 23.2. The van der Waals surface area contributed by atoms with Crippen molar-refractivity contribution in [1.29, 1.82) is 0 Å². The van der Waals surface area contributed by atoms with Gasteiger partial charge in [-0.25, -0.2) is 0 Å². The standard InChI is InChI=1S/C30H51O3P/c1-8-15-18-25(11-4)20-28-23-30(24-34(31,32-13-6)33-14-7)29(22-27(28)17-10-3)21-26(12-5)19-16-9-2/h22-23,25-26H,8-9,11-16,18-21,24H2,1-7H3. The molecular formula is C30H51O3P. The highest BCUT2D eigenvalue weighted by atomic mass is 31.2. The third kappa shape index (κ3) is 10.7. The molecule has 0 heterocycles. The summed E-state index contributed by atoms with van der Waals surface area (Å²) in [6, 6.07) is 4.59. The first kappa shape index (κ1) is 31.0. The highest BCUT2D eigenvalue weighted by Gasteiger charge is 2.27. The van der Waals surface area contributed by atoms with Gasteiger partial charge in [-0.05, 0) is 68.2 Å². The molecular weight excluding hydrogens is 439 g/mol. The van der Waals surface area contributed by atoms with E-state index in [-0.39, 0.29) is 0 Å². The van der Waals surface area contributed by atoms with E-state index < -0.39 is 7.60 Å². The van der Waals surface area contributed by atoms with Crippen LogP contribution in [0.15, 0.2) is 12.1 Å². The van der Waals surface area contributed by atoms with Gasteiger partial charge in [-0.3, -0.25) is 4.57 Å². The van der Waals surface area contributed by atoms with Gasteiger partial charge in [-0.1, -0.05) is 91.0 Å². The van der Waals surface area contributed by atoms with E-state index in [0.717, 1.165) is 30.4 Å². The summed E-state index contributed by atoms with van der Waals surface area (Å²) >= 11 is 0. The minimum Gasteiger partial charge on any atom is -0.309 e. The van der Waals surface area contributed by atoms with E-state index in [4.69, 9.17) is 9.05 Å². The molecule has 3 nitrogen and oxygen atoms in total. The maximum Gasteiger partial charge on any atom is 0.335 e. The Morgan fingerprint density at radius 3 is 1.76 bits per heavy atom. The molecule has 0 N–H and O–H groups in total. The summed E-state index contributed by atoms with van der Waals surface area (Å²) in [7, 11) is -3.19. The van der Waals surface area contributed by atoms with E-state index in [1.54, 1.807) is 0 Å². The van der Waals surface area contributed by atoms with Crippen LogP contribution in [0.25, 0.3) is 0 Å². The van der Waals surface area contributed by atoms with Crippen LogP contribution in [0.4, 0.5) is 0 Å². The SMILES string of the molecule is CC#Cc1cc(CC(CC)CCCC)c(CP(=O)(OCC)OCC)cc1CC(CC)CCCC. The van der Waals surface area contributed by atoms with Crippen molar-refractivity contribution in [3.63, 3.8) is 0 Å². The van der Waals surface area contributed by atoms with Crippen molar-refractivity contribution in [1.82, 2.24) is 0 Å². The summed E-state index contributed by atoms with van der Waals surface area (Å²) in [5.41, 5.74) is 4.83. The maximum absolute atomic E-state index is 13.5. The molecule has 194 valence electrons. The maximum atomic E-state index is 13.5. The van der Waals surface area contributed by atoms with Gasteiger partial charge >= 0.3 is 7.60 Å². The van der Waals surface area contributed by atoms with Crippen LogP contribution in [-0.2, 0) is 32.6 Å². The monoisotopic (exact) mass is 490 g/mol. The van der Waals surface area contributed by atoms with E-state index in [2.05, 4.69) is 51.7 Å². The Balaban J connectivity index is 3.51. The van der Waals surface area contributed by atoms with Gasteiger partial charge in [0, 0.05) is 5.56 Å². The number of unbranched alkanes of at least 4 members (excludes halogenated alkanes) is 2. The topological polar surface area (TPSA) is 35.5 Å². The summed E-state index contributed by atoms with van der Waals surface area (Å²) in [5, 5.41) is 0. The van der Waals surface area contributed by atoms with Crippen molar-refractivity contribution in [2.24, 2.45) is 11.8 Å². The number of hydrogen-bond donors (Lipinski definition) is 0. The largest absolute Gasteiger partial charge is 0.335 e. The first-order valence-electron chi connectivity index (χ1n) is 13.8. The lowest BCUT2D eigenvalue weighted by atomic mass is 9.85. The minimum absolute atomic E-state index is 0.340. The Hall–Kier alpha value is -1.07. The Bertz CT molecular complexity index is 795. The molecule has 0 aromatic heterocycles. The third-order valence-corrected chi connectivity index (χ3v) is 8.84. The molecule has 4 heteroatoms. The molecule has 0 aliphatic carbocycles. The van der Waals surface area contributed by atoms with Crippen LogP contribution >= 0.6 is 7.60 Å². The quantitative estimate of drug-likeness (QED) is 0.152. The van der Waals surface area contributed by atoms with Crippen molar-refractivity contribution in [2.75, 3.05) is 13.2 Å². The molecule has 0 saturated heterocycles. The molecule has 1 aromatic carbocycles. The smallest absolute Gasteiger partial charge is 0.309 e. The van der Waals surface area contributed by atoms with Gasteiger partial charge < -0.3 is 9.05 Å². The summed E-state index contributed by atoms with van der Waals surface area (Å²) in [4.78, 5) is 0. The van der Waals surface area contributed by atoms with Gasteiger partial charge in [0.15, 0.2) is 0 Å². The second-order valence-corrected chi connectivity index (χ2v) is 11.6. The fourth-order valence-electron chi connectivity index (χ4n) is 4.74. The van der Waals surface area contributed by atoms with E-state index in [1.807, 2.05) is 20.8 Å². The average Bonchev–Trinajstić information content (AvgIpc) is 2.81. The Morgan fingerprint density at radius 1 is 0.794 bits per heavy atom. The van der Waals surface area contributed by atoms with Crippen LogP contribution < -0.4 is 0 Å². The van der Waals surface area contributed by atoms with Crippen molar-refractivity contribution >= 4 is 7.60 Å². The van der Waals surface area contributed by atoms with E-state index in [1.165, 1.54) is 56.1 Å². The molecule has 1 aromatic rings. The first-order chi connectivity index (χ1) is 16.4. The zero-order valence-corrected chi connectivity index (χ0v) is 24.1. The molecule has 0 spiro atoms. The molecule has 0 bridgehead atoms. The van der Waals surface area contributed by atoms with Crippen LogP contribution in [0.1, 0.15) is 122 Å². The predicted molar refractivity (Wildman–Crippen MR) is 148 cm³/mol. The lowest BCUT2D eigenvalue weighted by molar-refractivity contribution is 0.219. The van der Waals surface area contributed by atoms with Crippen molar-refractivity contribution < 1.29 is 13.6 Å². The molecule has 0 saturated carbocycles. The Labute approximate surface area is 211 Å². The highest BCUT2D eigenvalue weighted by Crippen LogP contribution is 2.52. The van der Waals surface area contributed by atoms with Gasteiger partial charge in [0.05, 0.1) is 19.4 Å². The number of rotatable bonds is 18. The lowest BCUT2D eigenvalue weighted by Gasteiger charge is -2.23. The summed E-state index contributed by atoms with van der Waals surface area (Å²) in [5.74, 6) is 7.81. The van der Waals surface area contributed by atoms with Crippen LogP contribution in [-0.4, -0.2) is 13.2 Å². The summed E-state index contributed by atoms with van der Waals surface area (Å²) in [6.45, 7) is 15.6. The molecule has 2 atom stereocenters. The average molecular weight is 491 g/mol. The third-order valence-electron chi connectivity index (χ3n) is 6.80. The summed E-state index contributed by atoms with van der Waals surface area (Å²) < 4.78 is 24.9. The van der Waals surface area contributed by atoms with Gasteiger partial charge in [0.25, 0.3) is 0 Å². The van der Waals surface area contributed by atoms with E-state index in [0.29, 0.717) is 31.2 Å². The van der Waals surface area contributed by atoms with Crippen molar-refractivity contribution in [3.05, 3.63) is 34.4 Å². The Kier molecular flexibility index (Phi) is 15.8. The van der Waals surface area contributed by atoms with Crippen LogP contribution in [0, 0.1) is 23.7 Å². The Morgan fingerprint density at radius 2 is 1.32 bits per heavy atom. The van der Waals surface area contributed by atoms with Crippen LogP contribution in [0.2, 0.25) is 0 Å².